The third-order valence-electron chi connectivity index (χ3n) is 0.483. The zero-order chi connectivity index (χ0) is 13.8. The number of rotatable bonds is 0. The van der Waals surface area contributed by atoms with Crippen LogP contribution in [0.25, 0.3) is 0 Å². The van der Waals surface area contributed by atoms with Crippen molar-refractivity contribution in [1.82, 2.24) is 0 Å². The van der Waals surface area contributed by atoms with Gasteiger partial charge in [-0.2, -0.15) is 35.9 Å². The van der Waals surface area contributed by atoms with Gasteiger partial charge in [-0.05, 0) is 0 Å². The van der Waals surface area contributed by atoms with E-state index < -0.39 is 12.4 Å². The second-order valence-electron chi connectivity index (χ2n) is 1.66. The Balaban J connectivity index is -0.0000000778. The molecule has 0 rings (SSSR count). The van der Waals surface area contributed by atoms with Gasteiger partial charge in [-0.25, -0.2) is 0 Å². The highest BCUT2D eigenvalue weighted by Crippen LogP contribution is 2.15. The molecule has 0 spiro atoms. The Kier molecular flexibility index (Phi) is 18.7. The smallest absolute Gasteiger partial charge is 0.186 e. The molecule has 0 fully saturated rings. The molecule has 0 aromatic rings. The largest absolute Gasteiger partial charge is 0.410 e. The third-order valence-corrected chi connectivity index (χ3v) is 0.609. The van der Waals surface area contributed by atoms with Crippen LogP contribution in [0.4, 0.5) is 26.3 Å². The molecule has 0 aromatic carbocycles. The van der Waals surface area contributed by atoms with Crippen molar-refractivity contribution in [2.75, 3.05) is 0 Å². The molecule has 17 heavy (non-hydrogen) atoms. The molecule has 0 atom stereocenters. The number of halogens is 7. The number of hydrogen-bond acceptors (Lipinski definition) is 2. The van der Waals surface area contributed by atoms with Gasteiger partial charge in [0, 0.05) is 17.7 Å². The maximum Gasteiger partial charge on any atom is 0.410 e. The summed E-state index contributed by atoms with van der Waals surface area (Å²) in [4.78, 5) is 16.2. The van der Waals surface area contributed by atoms with Gasteiger partial charge in [0.25, 0.3) is 0 Å². The number of carbonyl (C=O) groups excluding carboxylic acids is 2. The lowest BCUT2D eigenvalue weighted by molar-refractivity contribution is -0.191. The van der Waals surface area contributed by atoms with Gasteiger partial charge in [-0.3, -0.25) is 0 Å². The first-order valence-electron chi connectivity index (χ1n) is 3.08. The molecular weight excluding hydrogens is 278 g/mol. The normalized spacial score (nSPS) is 9.82. The van der Waals surface area contributed by atoms with Crippen LogP contribution >= 0.6 is 11.6 Å². The van der Waals surface area contributed by atoms with Gasteiger partial charge in [-0.1, -0.05) is 25.6 Å². The zero-order valence-electron chi connectivity index (χ0n) is 7.40. The summed E-state index contributed by atoms with van der Waals surface area (Å²) in [5, 5.41) is 0. The van der Waals surface area contributed by atoms with Crippen molar-refractivity contribution in [1.29, 1.82) is 0 Å². The van der Waals surface area contributed by atoms with E-state index in [4.69, 9.17) is 9.59 Å². The van der Waals surface area contributed by atoms with E-state index in [9.17, 15) is 26.3 Å². The van der Waals surface area contributed by atoms with Crippen molar-refractivity contribution in [3.63, 3.8) is 0 Å². The lowest BCUT2D eigenvalue weighted by Crippen LogP contribution is -1.99. The molecule has 0 aliphatic heterocycles. The molecule has 0 radical (unpaired) electrons. The Bertz CT molecular complexity index is 237. The van der Waals surface area contributed by atoms with Crippen LogP contribution in [0, 0.1) is 0 Å². The monoisotopic (exact) mass is 286 g/mol. The van der Waals surface area contributed by atoms with Gasteiger partial charge in [0.2, 0.25) is 0 Å². The number of hydrogen-bond donors (Lipinski definition) is 0. The predicted octanol–water partition coefficient (Wildman–Crippen LogP) is 4.09. The van der Waals surface area contributed by atoms with Gasteiger partial charge in [0.15, 0.2) is 0 Å². The van der Waals surface area contributed by atoms with Crippen LogP contribution in [0.2, 0.25) is 0 Å². The van der Waals surface area contributed by atoms with Crippen LogP contribution in [0.3, 0.4) is 0 Å². The topological polar surface area (TPSA) is 34.1 Å². The molecule has 0 saturated carbocycles. The first-order valence-corrected chi connectivity index (χ1v) is 3.52. The van der Waals surface area contributed by atoms with Gasteiger partial charge in [-0.15, -0.1) is 0 Å². The van der Waals surface area contributed by atoms with Gasteiger partial charge < -0.3 is 0 Å². The summed E-state index contributed by atoms with van der Waals surface area (Å²) in [6.07, 6.45) is -8.32. The van der Waals surface area contributed by atoms with E-state index in [2.05, 4.69) is 18.2 Å². The highest BCUT2D eigenvalue weighted by molar-refractivity contribution is 6.25. The summed E-state index contributed by atoms with van der Waals surface area (Å²) in [6.45, 7) is 2.51. The first-order chi connectivity index (χ1) is 7.04. The minimum atomic E-state index is -4.26. The second-order valence-corrected chi connectivity index (χ2v) is 1.92. The van der Waals surface area contributed by atoms with E-state index in [0.29, 0.717) is 5.54 Å². The van der Waals surface area contributed by atoms with Crippen LogP contribution in [-0.2, 0) is 9.59 Å². The van der Waals surface area contributed by atoms with Crippen molar-refractivity contribution in [3.05, 3.63) is 24.3 Å². The lowest BCUT2D eigenvalue weighted by Gasteiger charge is -1.92. The van der Waals surface area contributed by atoms with Crippen molar-refractivity contribution < 1.29 is 35.9 Å². The Hall–Kier alpha value is -1.27. The maximum absolute atomic E-state index is 10.9. The molecule has 2 nitrogen and oxygen atoms in total. The standard InChI is InChI=1S/C3H2ClF3.C3H3F3.CO2.CH4/c4-2-1-3(5,6)7;1-2-3(4,5)6;2-1-3;/h1-2H;2H,1H2;;1H4/b2-1+;;;. The van der Waals surface area contributed by atoms with E-state index in [0.717, 1.165) is 0 Å². The SMILES string of the molecule is C.C=CC(F)(F)F.FC(F)(F)/C=C/Cl.O=C=O. The molecule has 0 saturated heterocycles. The summed E-state index contributed by atoms with van der Waals surface area (Å²) in [5.74, 6) is 0. The minimum Gasteiger partial charge on any atom is -0.186 e. The van der Waals surface area contributed by atoms with E-state index in [-0.39, 0.29) is 25.7 Å². The molecule has 102 valence electrons. The summed E-state index contributed by atoms with van der Waals surface area (Å²) in [7, 11) is 0. The maximum atomic E-state index is 10.9. The fraction of sp³-hybridized carbons (Fsp3) is 0.375. The quantitative estimate of drug-likeness (QED) is 0.496. The fourth-order valence-electron chi connectivity index (χ4n) is 0.0714. The lowest BCUT2D eigenvalue weighted by atomic mass is 10.6. The van der Waals surface area contributed by atoms with Crippen LogP contribution in [-0.4, -0.2) is 18.5 Å². The van der Waals surface area contributed by atoms with E-state index >= 15 is 0 Å². The molecule has 0 aliphatic rings. The molecular formula is C8H9ClF6O2. The van der Waals surface area contributed by atoms with Crippen LogP contribution < -0.4 is 0 Å². The minimum absolute atomic E-state index is 0. The Morgan fingerprint density at radius 3 is 1.24 bits per heavy atom. The average Bonchev–Trinajstić information content (AvgIpc) is 2.03. The van der Waals surface area contributed by atoms with Crippen LogP contribution in [0.1, 0.15) is 7.43 Å². The highest BCUT2D eigenvalue weighted by Gasteiger charge is 2.21. The molecule has 0 amide bonds. The summed E-state index contributed by atoms with van der Waals surface area (Å²) < 4.78 is 64.7. The van der Waals surface area contributed by atoms with Crippen molar-refractivity contribution in [3.8, 4) is 0 Å². The van der Waals surface area contributed by atoms with Crippen molar-refractivity contribution in [2.24, 2.45) is 0 Å². The fourth-order valence-corrected chi connectivity index (χ4v) is 0.214. The Morgan fingerprint density at radius 1 is 1.00 bits per heavy atom. The number of alkyl halides is 6. The molecule has 0 bridgehead atoms. The summed E-state index contributed by atoms with van der Waals surface area (Å²) in [6, 6.07) is 0. The third kappa shape index (κ3) is 72.7. The summed E-state index contributed by atoms with van der Waals surface area (Å²) >= 11 is 4.59. The Morgan fingerprint density at radius 2 is 1.24 bits per heavy atom. The van der Waals surface area contributed by atoms with E-state index in [1.807, 2.05) is 0 Å². The second kappa shape index (κ2) is 12.8. The zero-order valence-corrected chi connectivity index (χ0v) is 8.16. The van der Waals surface area contributed by atoms with Gasteiger partial charge >= 0.3 is 18.5 Å². The van der Waals surface area contributed by atoms with E-state index in [1.54, 1.807) is 0 Å². The molecule has 0 heterocycles. The predicted molar refractivity (Wildman–Crippen MR) is 49.0 cm³/mol. The van der Waals surface area contributed by atoms with E-state index in [1.165, 1.54) is 0 Å². The summed E-state index contributed by atoms with van der Waals surface area (Å²) in [5.41, 5.74) is 0.431. The van der Waals surface area contributed by atoms with Crippen molar-refractivity contribution in [2.45, 2.75) is 19.8 Å². The first kappa shape index (κ1) is 24.8. The van der Waals surface area contributed by atoms with Gasteiger partial charge in [0.1, 0.15) is 0 Å². The van der Waals surface area contributed by atoms with Crippen LogP contribution in [0.15, 0.2) is 24.3 Å². The highest BCUT2D eigenvalue weighted by atomic mass is 35.5. The molecule has 0 N–H and O–H groups in total. The molecule has 0 unspecified atom stereocenters. The number of allylic oxidation sites excluding steroid dienone is 2. The Labute approximate surface area is 98.6 Å². The molecule has 0 aliphatic carbocycles. The van der Waals surface area contributed by atoms with Crippen molar-refractivity contribution >= 4 is 17.8 Å². The van der Waals surface area contributed by atoms with Crippen LogP contribution in [0.5, 0.6) is 0 Å². The average molecular weight is 287 g/mol. The molecule has 0 aromatic heterocycles. The molecule has 9 heteroatoms. The van der Waals surface area contributed by atoms with Gasteiger partial charge in [0.05, 0.1) is 0 Å².